The molecule has 1 heteroatoms. The Morgan fingerprint density at radius 1 is 1.60 bits per heavy atom. The largest absolute Gasteiger partial charge is 0.388 e. The summed E-state index contributed by atoms with van der Waals surface area (Å²) >= 11 is 0. The van der Waals surface area contributed by atoms with Crippen molar-refractivity contribution in [2.75, 3.05) is 6.54 Å². The Bertz CT molecular complexity index is 177. The van der Waals surface area contributed by atoms with E-state index in [2.05, 4.69) is 38.2 Å². The summed E-state index contributed by atoms with van der Waals surface area (Å²) in [4.78, 5) is 0. The fourth-order valence-corrected chi connectivity index (χ4v) is 1.36. The summed E-state index contributed by atoms with van der Waals surface area (Å²) in [7, 11) is 0. The summed E-state index contributed by atoms with van der Waals surface area (Å²) in [6.45, 7) is 7.55. The molecule has 0 bridgehead atoms. The Labute approximate surface area is 62.8 Å². The normalized spacial score (nSPS) is 26.1. The minimum Gasteiger partial charge on any atom is -0.388 e. The van der Waals surface area contributed by atoms with Crippen molar-refractivity contribution >= 4 is 0 Å². The van der Waals surface area contributed by atoms with Crippen LogP contribution >= 0.6 is 0 Å². The van der Waals surface area contributed by atoms with Crippen molar-refractivity contribution in [3.63, 3.8) is 0 Å². The molecular weight excluding hydrogens is 122 g/mol. The first-order valence-corrected chi connectivity index (χ1v) is 3.83. The van der Waals surface area contributed by atoms with Crippen LogP contribution in [-0.2, 0) is 0 Å². The van der Waals surface area contributed by atoms with Gasteiger partial charge in [-0.15, -0.1) is 0 Å². The van der Waals surface area contributed by atoms with Gasteiger partial charge in [0.2, 0.25) is 0 Å². The van der Waals surface area contributed by atoms with E-state index in [4.69, 9.17) is 0 Å². The fourth-order valence-electron chi connectivity index (χ4n) is 1.36. The highest BCUT2D eigenvalue weighted by atomic mass is 14.9. The summed E-state index contributed by atoms with van der Waals surface area (Å²) < 4.78 is 0. The van der Waals surface area contributed by atoms with Crippen LogP contribution in [0.2, 0.25) is 0 Å². The van der Waals surface area contributed by atoms with E-state index >= 15 is 0 Å². The molecule has 1 aliphatic heterocycles. The number of hydrogen-bond acceptors (Lipinski definition) is 1. The predicted molar refractivity (Wildman–Crippen MR) is 44.7 cm³/mol. The van der Waals surface area contributed by atoms with Crippen molar-refractivity contribution in [1.82, 2.24) is 5.32 Å². The van der Waals surface area contributed by atoms with Crippen LogP contribution in [0.5, 0.6) is 0 Å². The molecule has 1 atom stereocenters. The zero-order valence-corrected chi connectivity index (χ0v) is 6.94. The molecule has 1 nitrogen and oxygen atoms in total. The van der Waals surface area contributed by atoms with Crippen molar-refractivity contribution in [2.45, 2.75) is 20.8 Å². The smallest absolute Gasteiger partial charge is 0.0210 e. The molecule has 1 N–H and O–H groups in total. The molecular formula is C9H15N. The van der Waals surface area contributed by atoms with Gasteiger partial charge in [0.15, 0.2) is 0 Å². The van der Waals surface area contributed by atoms with Crippen molar-refractivity contribution in [3.05, 3.63) is 23.4 Å². The van der Waals surface area contributed by atoms with Crippen molar-refractivity contribution in [3.8, 4) is 0 Å². The summed E-state index contributed by atoms with van der Waals surface area (Å²) in [6.07, 6.45) is 4.29. The molecule has 1 unspecified atom stereocenters. The third-order valence-electron chi connectivity index (χ3n) is 1.98. The van der Waals surface area contributed by atoms with Gasteiger partial charge in [0.25, 0.3) is 0 Å². The first-order chi connectivity index (χ1) is 4.75. The Morgan fingerprint density at radius 2 is 2.30 bits per heavy atom. The Morgan fingerprint density at radius 3 is 2.70 bits per heavy atom. The molecule has 1 rings (SSSR count). The van der Waals surface area contributed by atoms with Gasteiger partial charge in [-0.05, 0) is 19.4 Å². The van der Waals surface area contributed by atoms with Crippen LogP contribution < -0.4 is 5.32 Å². The molecule has 0 saturated heterocycles. The molecule has 0 aromatic carbocycles. The highest BCUT2D eigenvalue weighted by Crippen LogP contribution is 2.20. The molecule has 0 radical (unpaired) electrons. The maximum absolute atomic E-state index is 3.33. The summed E-state index contributed by atoms with van der Waals surface area (Å²) in [5.41, 5.74) is 2.80. The SMILES string of the molecule is C/C=C\C1=C(C)NCC1C. The van der Waals surface area contributed by atoms with Gasteiger partial charge in [-0.25, -0.2) is 0 Å². The van der Waals surface area contributed by atoms with Gasteiger partial charge in [0.1, 0.15) is 0 Å². The van der Waals surface area contributed by atoms with E-state index in [9.17, 15) is 0 Å². The molecule has 0 saturated carbocycles. The number of allylic oxidation sites excluding steroid dienone is 3. The van der Waals surface area contributed by atoms with Gasteiger partial charge in [0, 0.05) is 18.2 Å². The van der Waals surface area contributed by atoms with Crippen molar-refractivity contribution < 1.29 is 0 Å². The molecule has 1 heterocycles. The topological polar surface area (TPSA) is 12.0 Å². The number of hydrogen-bond donors (Lipinski definition) is 1. The van der Waals surface area contributed by atoms with Crippen LogP contribution in [-0.4, -0.2) is 6.54 Å². The second-order valence-corrected chi connectivity index (χ2v) is 2.86. The zero-order chi connectivity index (χ0) is 7.56. The highest BCUT2D eigenvalue weighted by Gasteiger charge is 2.14. The molecule has 0 fully saturated rings. The number of rotatable bonds is 1. The van der Waals surface area contributed by atoms with Gasteiger partial charge in [-0.3, -0.25) is 0 Å². The monoisotopic (exact) mass is 137 g/mol. The number of nitrogens with one attached hydrogen (secondary N) is 1. The third-order valence-corrected chi connectivity index (χ3v) is 1.98. The quantitative estimate of drug-likeness (QED) is 0.583. The predicted octanol–water partition coefficient (Wildman–Crippen LogP) is 2.08. The van der Waals surface area contributed by atoms with Gasteiger partial charge in [-0.2, -0.15) is 0 Å². The lowest BCUT2D eigenvalue weighted by Gasteiger charge is -2.00. The van der Waals surface area contributed by atoms with Gasteiger partial charge in [0.05, 0.1) is 0 Å². The summed E-state index contributed by atoms with van der Waals surface area (Å²) in [6, 6.07) is 0. The molecule has 56 valence electrons. The van der Waals surface area contributed by atoms with E-state index in [1.807, 2.05) is 0 Å². The van der Waals surface area contributed by atoms with Crippen molar-refractivity contribution in [1.29, 1.82) is 0 Å². The minimum absolute atomic E-state index is 0.691. The van der Waals surface area contributed by atoms with Crippen LogP contribution in [0.15, 0.2) is 23.4 Å². The summed E-state index contributed by atoms with van der Waals surface area (Å²) in [5.74, 6) is 0.691. The first kappa shape index (κ1) is 7.39. The zero-order valence-electron chi connectivity index (χ0n) is 6.94. The molecule has 10 heavy (non-hydrogen) atoms. The molecule has 0 amide bonds. The van der Waals surface area contributed by atoms with Crippen LogP contribution in [0.3, 0.4) is 0 Å². The van der Waals surface area contributed by atoms with Gasteiger partial charge in [-0.1, -0.05) is 19.1 Å². The Kier molecular flexibility index (Phi) is 2.15. The van der Waals surface area contributed by atoms with E-state index < -0.39 is 0 Å². The molecule has 0 aromatic rings. The average Bonchev–Trinajstić information content (AvgIpc) is 2.20. The van der Waals surface area contributed by atoms with E-state index in [0.29, 0.717) is 5.92 Å². The highest BCUT2D eigenvalue weighted by molar-refractivity contribution is 5.29. The van der Waals surface area contributed by atoms with E-state index in [-0.39, 0.29) is 0 Å². The van der Waals surface area contributed by atoms with E-state index in [1.165, 1.54) is 11.3 Å². The average molecular weight is 137 g/mol. The molecule has 0 aromatic heterocycles. The third kappa shape index (κ3) is 1.23. The first-order valence-electron chi connectivity index (χ1n) is 3.83. The van der Waals surface area contributed by atoms with Crippen LogP contribution in [0.1, 0.15) is 20.8 Å². The minimum atomic E-state index is 0.691. The maximum Gasteiger partial charge on any atom is 0.0210 e. The molecule has 0 spiro atoms. The van der Waals surface area contributed by atoms with Crippen molar-refractivity contribution in [2.24, 2.45) is 5.92 Å². The molecule has 1 aliphatic rings. The lowest BCUT2D eigenvalue weighted by molar-refractivity contribution is 0.700. The van der Waals surface area contributed by atoms with Crippen LogP contribution in [0, 0.1) is 5.92 Å². The summed E-state index contributed by atoms with van der Waals surface area (Å²) in [5, 5.41) is 3.33. The Balaban J connectivity index is 2.77. The lowest BCUT2D eigenvalue weighted by atomic mass is 10.0. The Hall–Kier alpha value is -0.720. The van der Waals surface area contributed by atoms with Gasteiger partial charge < -0.3 is 5.32 Å². The van der Waals surface area contributed by atoms with E-state index in [1.54, 1.807) is 0 Å². The second kappa shape index (κ2) is 2.91. The second-order valence-electron chi connectivity index (χ2n) is 2.86. The standard InChI is InChI=1S/C9H15N/c1-4-5-9-7(2)6-10-8(9)3/h4-5,7,10H,6H2,1-3H3/b5-4-. The van der Waals surface area contributed by atoms with Crippen LogP contribution in [0.4, 0.5) is 0 Å². The maximum atomic E-state index is 3.33. The molecule has 0 aliphatic carbocycles. The van der Waals surface area contributed by atoms with Gasteiger partial charge >= 0.3 is 0 Å². The van der Waals surface area contributed by atoms with E-state index in [0.717, 1.165) is 6.54 Å². The van der Waals surface area contributed by atoms with Crippen LogP contribution in [0.25, 0.3) is 0 Å². The fraction of sp³-hybridized carbons (Fsp3) is 0.556. The lowest BCUT2D eigenvalue weighted by Crippen LogP contribution is -2.08.